The lowest BCUT2D eigenvalue weighted by Crippen LogP contribution is -2.14. The lowest BCUT2D eigenvalue weighted by Gasteiger charge is -2.20. The zero-order chi connectivity index (χ0) is 16.1. The second-order valence-corrected chi connectivity index (χ2v) is 6.13. The fraction of sp³-hybridized carbons (Fsp3) is 0.182. The molecule has 0 atom stereocenters. The van der Waals surface area contributed by atoms with Gasteiger partial charge in [-0.1, -0.05) is 66.7 Å². The maximum absolute atomic E-state index is 3.62. The largest absolute Gasteiger partial charge is 0.384 e. The number of nitrogens with one attached hydrogen (secondary N) is 1. The van der Waals surface area contributed by atoms with Gasteiger partial charge in [-0.15, -0.1) is 0 Å². The van der Waals surface area contributed by atoms with E-state index in [0.717, 1.165) is 6.54 Å². The SMILES string of the molecule is Cc1cc(C)cc(NCC(c2ccccc2)c2ccccc2)c1. The summed E-state index contributed by atoms with van der Waals surface area (Å²) >= 11 is 0. The topological polar surface area (TPSA) is 12.0 Å². The van der Waals surface area contributed by atoms with Gasteiger partial charge < -0.3 is 5.32 Å². The fourth-order valence-corrected chi connectivity index (χ4v) is 3.10. The third-order valence-corrected chi connectivity index (χ3v) is 4.14. The van der Waals surface area contributed by atoms with Crippen molar-refractivity contribution in [2.24, 2.45) is 0 Å². The minimum Gasteiger partial charge on any atom is -0.384 e. The van der Waals surface area contributed by atoms with E-state index in [9.17, 15) is 0 Å². The lowest BCUT2D eigenvalue weighted by molar-refractivity contribution is 0.853. The highest BCUT2D eigenvalue weighted by molar-refractivity contribution is 5.49. The van der Waals surface area contributed by atoms with Crippen molar-refractivity contribution < 1.29 is 0 Å². The van der Waals surface area contributed by atoms with Crippen molar-refractivity contribution in [3.63, 3.8) is 0 Å². The van der Waals surface area contributed by atoms with Crippen molar-refractivity contribution in [1.82, 2.24) is 0 Å². The number of rotatable bonds is 5. The molecule has 0 unspecified atom stereocenters. The summed E-state index contributed by atoms with van der Waals surface area (Å²) in [6.07, 6.45) is 0. The second-order valence-electron chi connectivity index (χ2n) is 6.13. The Kier molecular flexibility index (Phi) is 4.77. The molecule has 3 aromatic carbocycles. The molecule has 0 saturated carbocycles. The number of aryl methyl sites for hydroxylation is 2. The van der Waals surface area contributed by atoms with Crippen LogP contribution in [-0.2, 0) is 0 Å². The first-order valence-corrected chi connectivity index (χ1v) is 8.14. The molecule has 0 aliphatic carbocycles. The van der Waals surface area contributed by atoms with E-state index in [-0.39, 0.29) is 0 Å². The van der Waals surface area contributed by atoms with Crippen LogP contribution in [0.3, 0.4) is 0 Å². The maximum Gasteiger partial charge on any atom is 0.0345 e. The monoisotopic (exact) mass is 301 g/mol. The van der Waals surface area contributed by atoms with Gasteiger partial charge in [0.1, 0.15) is 0 Å². The Labute approximate surface area is 139 Å². The van der Waals surface area contributed by atoms with E-state index in [1.165, 1.54) is 27.9 Å². The summed E-state index contributed by atoms with van der Waals surface area (Å²) in [5, 5.41) is 3.62. The number of hydrogen-bond donors (Lipinski definition) is 1. The van der Waals surface area contributed by atoms with Gasteiger partial charge in [0, 0.05) is 18.2 Å². The van der Waals surface area contributed by atoms with Gasteiger partial charge in [-0.05, 0) is 48.2 Å². The van der Waals surface area contributed by atoms with Crippen LogP contribution in [0, 0.1) is 13.8 Å². The number of hydrogen-bond acceptors (Lipinski definition) is 1. The van der Waals surface area contributed by atoms with Crippen molar-refractivity contribution in [3.05, 3.63) is 101 Å². The third-order valence-electron chi connectivity index (χ3n) is 4.14. The minimum absolute atomic E-state index is 0.346. The summed E-state index contributed by atoms with van der Waals surface area (Å²) in [6.45, 7) is 5.17. The molecule has 0 aromatic heterocycles. The highest BCUT2D eigenvalue weighted by Gasteiger charge is 2.13. The summed E-state index contributed by atoms with van der Waals surface area (Å²) in [7, 11) is 0. The molecule has 0 fully saturated rings. The molecule has 0 radical (unpaired) electrons. The quantitative estimate of drug-likeness (QED) is 0.651. The van der Waals surface area contributed by atoms with Gasteiger partial charge in [0.2, 0.25) is 0 Å². The Morgan fingerprint density at radius 3 is 1.65 bits per heavy atom. The molecule has 3 aromatic rings. The van der Waals surface area contributed by atoms with Gasteiger partial charge in [-0.2, -0.15) is 0 Å². The molecule has 1 heteroatoms. The van der Waals surface area contributed by atoms with E-state index in [1.54, 1.807) is 0 Å². The fourth-order valence-electron chi connectivity index (χ4n) is 3.10. The Morgan fingerprint density at radius 2 is 1.17 bits per heavy atom. The second kappa shape index (κ2) is 7.15. The van der Waals surface area contributed by atoms with Crippen LogP contribution in [0.2, 0.25) is 0 Å². The van der Waals surface area contributed by atoms with Crippen molar-refractivity contribution in [2.75, 3.05) is 11.9 Å². The van der Waals surface area contributed by atoms with Crippen LogP contribution in [0.4, 0.5) is 5.69 Å². The van der Waals surface area contributed by atoms with Crippen LogP contribution in [0.5, 0.6) is 0 Å². The molecule has 23 heavy (non-hydrogen) atoms. The summed E-state index contributed by atoms with van der Waals surface area (Å²) in [6, 6.07) is 28.1. The van der Waals surface area contributed by atoms with Crippen molar-refractivity contribution >= 4 is 5.69 Å². The highest BCUT2D eigenvalue weighted by Crippen LogP contribution is 2.25. The standard InChI is InChI=1S/C22H23N/c1-17-13-18(2)15-21(14-17)23-16-22(19-9-5-3-6-10-19)20-11-7-4-8-12-20/h3-15,22-23H,16H2,1-2H3. The molecule has 1 nitrogen and oxygen atoms in total. The van der Waals surface area contributed by atoms with Crippen LogP contribution >= 0.6 is 0 Å². The summed E-state index contributed by atoms with van der Waals surface area (Å²) < 4.78 is 0. The smallest absolute Gasteiger partial charge is 0.0345 e. The molecular weight excluding hydrogens is 278 g/mol. The average Bonchev–Trinajstić information content (AvgIpc) is 2.56. The van der Waals surface area contributed by atoms with Gasteiger partial charge in [0.25, 0.3) is 0 Å². The first kappa shape index (κ1) is 15.4. The maximum atomic E-state index is 3.62. The molecule has 0 amide bonds. The molecule has 0 aliphatic rings. The van der Waals surface area contributed by atoms with E-state index < -0.39 is 0 Å². The van der Waals surface area contributed by atoms with Crippen LogP contribution < -0.4 is 5.32 Å². The molecule has 0 saturated heterocycles. The first-order chi connectivity index (χ1) is 11.2. The molecule has 0 bridgehead atoms. The first-order valence-electron chi connectivity index (χ1n) is 8.14. The molecule has 0 spiro atoms. The number of anilines is 1. The lowest BCUT2D eigenvalue weighted by atomic mass is 9.91. The van der Waals surface area contributed by atoms with E-state index in [0.29, 0.717) is 5.92 Å². The van der Waals surface area contributed by atoms with E-state index >= 15 is 0 Å². The molecule has 1 N–H and O–H groups in total. The van der Waals surface area contributed by atoms with Crippen molar-refractivity contribution in [3.8, 4) is 0 Å². The summed E-state index contributed by atoms with van der Waals surface area (Å²) in [5.41, 5.74) is 6.47. The molecule has 0 aliphatic heterocycles. The van der Waals surface area contributed by atoms with Crippen molar-refractivity contribution in [1.29, 1.82) is 0 Å². The zero-order valence-corrected chi connectivity index (χ0v) is 13.8. The van der Waals surface area contributed by atoms with E-state index in [4.69, 9.17) is 0 Å². The molecular formula is C22H23N. The van der Waals surface area contributed by atoms with Crippen LogP contribution in [-0.4, -0.2) is 6.54 Å². The van der Waals surface area contributed by atoms with E-state index in [1.807, 2.05) is 0 Å². The normalized spacial score (nSPS) is 10.7. The van der Waals surface area contributed by atoms with Gasteiger partial charge >= 0.3 is 0 Å². The van der Waals surface area contributed by atoms with Gasteiger partial charge in [-0.25, -0.2) is 0 Å². The minimum atomic E-state index is 0.346. The third kappa shape index (κ3) is 4.01. The predicted molar refractivity (Wildman–Crippen MR) is 99.1 cm³/mol. The molecule has 116 valence electrons. The van der Waals surface area contributed by atoms with Crippen molar-refractivity contribution in [2.45, 2.75) is 19.8 Å². The Morgan fingerprint density at radius 1 is 0.696 bits per heavy atom. The summed E-state index contributed by atoms with van der Waals surface area (Å²) in [4.78, 5) is 0. The number of benzene rings is 3. The van der Waals surface area contributed by atoms with Crippen LogP contribution in [0.15, 0.2) is 78.9 Å². The average molecular weight is 301 g/mol. The Hall–Kier alpha value is -2.54. The van der Waals surface area contributed by atoms with E-state index in [2.05, 4.69) is 98.0 Å². The predicted octanol–water partition coefficient (Wildman–Crippen LogP) is 5.55. The zero-order valence-electron chi connectivity index (χ0n) is 13.8. The highest BCUT2D eigenvalue weighted by atomic mass is 14.9. The Bertz CT molecular complexity index is 688. The summed E-state index contributed by atoms with van der Waals surface area (Å²) in [5.74, 6) is 0.346. The van der Waals surface area contributed by atoms with Crippen LogP contribution in [0.25, 0.3) is 0 Å². The van der Waals surface area contributed by atoms with Gasteiger partial charge in [0.15, 0.2) is 0 Å². The molecule has 0 heterocycles. The Balaban J connectivity index is 1.85. The van der Waals surface area contributed by atoms with Gasteiger partial charge in [0.05, 0.1) is 0 Å². The van der Waals surface area contributed by atoms with Crippen LogP contribution in [0.1, 0.15) is 28.2 Å². The van der Waals surface area contributed by atoms with Gasteiger partial charge in [-0.3, -0.25) is 0 Å². The molecule has 3 rings (SSSR count).